The second kappa shape index (κ2) is 8.90. The molecule has 1 saturated heterocycles. The molecular formula is C19H26N2O7. The summed E-state index contributed by atoms with van der Waals surface area (Å²) < 4.78 is 15.5. The first-order valence-corrected chi connectivity index (χ1v) is 9.29. The highest BCUT2D eigenvalue weighted by Crippen LogP contribution is 2.30. The summed E-state index contributed by atoms with van der Waals surface area (Å²) in [7, 11) is 0. The highest BCUT2D eigenvalue weighted by molar-refractivity contribution is 6.09. The van der Waals surface area contributed by atoms with Crippen LogP contribution in [0, 0.1) is 12.8 Å². The van der Waals surface area contributed by atoms with E-state index >= 15 is 0 Å². The SMILES string of the molecule is CCOC(=O)c1c(C)oc(NC(=O)C2CC(=O)N(C(C)C)C2)c1C(=O)OCC. The predicted octanol–water partition coefficient (Wildman–Crippen LogP) is 2.14. The van der Waals surface area contributed by atoms with Crippen LogP contribution in [-0.2, 0) is 19.1 Å². The van der Waals surface area contributed by atoms with Gasteiger partial charge in [0.15, 0.2) is 0 Å². The summed E-state index contributed by atoms with van der Waals surface area (Å²) in [5, 5.41) is 2.54. The van der Waals surface area contributed by atoms with Gasteiger partial charge in [-0.1, -0.05) is 0 Å². The van der Waals surface area contributed by atoms with Crippen molar-refractivity contribution in [3.8, 4) is 0 Å². The average molecular weight is 394 g/mol. The molecule has 0 aromatic carbocycles. The number of hydrogen-bond acceptors (Lipinski definition) is 7. The number of rotatable bonds is 7. The Morgan fingerprint density at radius 3 is 2.21 bits per heavy atom. The highest BCUT2D eigenvalue weighted by atomic mass is 16.5. The van der Waals surface area contributed by atoms with Crippen LogP contribution in [-0.4, -0.2) is 54.5 Å². The Bertz CT molecular complexity index is 781. The lowest BCUT2D eigenvalue weighted by Gasteiger charge is -2.20. The first kappa shape index (κ1) is 21.5. The molecule has 1 aliphatic heterocycles. The minimum absolute atomic E-state index is 0.0123. The van der Waals surface area contributed by atoms with E-state index in [-0.39, 0.29) is 60.9 Å². The van der Waals surface area contributed by atoms with Crippen LogP contribution in [0.5, 0.6) is 0 Å². The molecule has 1 fully saturated rings. The summed E-state index contributed by atoms with van der Waals surface area (Å²) in [5.41, 5.74) is -0.266. The molecule has 1 N–H and O–H groups in total. The number of amides is 2. The number of likely N-dealkylation sites (tertiary alicyclic amines) is 1. The quantitative estimate of drug-likeness (QED) is 0.705. The Morgan fingerprint density at radius 1 is 1.14 bits per heavy atom. The van der Waals surface area contributed by atoms with E-state index in [1.165, 1.54) is 6.92 Å². The zero-order valence-corrected chi connectivity index (χ0v) is 16.8. The zero-order chi connectivity index (χ0) is 21.0. The minimum Gasteiger partial charge on any atom is -0.462 e. The molecule has 0 radical (unpaired) electrons. The normalized spacial score (nSPS) is 16.4. The van der Waals surface area contributed by atoms with E-state index in [0.29, 0.717) is 0 Å². The van der Waals surface area contributed by atoms with Gasteiger partial charge in [0.2, 0.25) is 17.7 Å². The van der Waals surface area contributed by atoms with E-state index in [1.54, 1.807) is 18.7 Å². The molecule has 1 unspecified atom stereocenters. The number of esters is 2. The van der Waals surface area contributed by atoms with Crippen molar-refractivity contribution < 1.29 is 33.1 Å². The van der Waals surface area contributed by atoms with Gasteiger partial charge in [-0.3, -0.25) is 14.9 Å². The summed E-state index contributed by atoms with van der Waals surface area (Å²) in [6.45, 7) is 8.97. The van der Waals surface area contributed by atoms with Crippen molar-refractivity contribution >= 4 is 29.6 Å². The molecular weight excluding hydrogens is 368 g/mol. The number of carbonyl (C=O) groups is 4. The first-order chi connectivity index (χ1) is 13.2. The van der Waals surface area contributed by atoms with Crippen LogP contribution >= 0.6 is 0 Å². The molecule has 0 saturated carbocycles. The summed E-state index contributed by atoms with van der Waals surface area (Å²) in [5.74, 6) is -2.75. The average Bonchev–Trinajstić information content (AvgIpc) is 3.15. The monoisotopic (exact) mass is 394 g/mol. The molecule has 154 valence electrons. The second-order valence-corrected chi connectivity index (χ2v) is 6.71. The molecule has 9 heteroatoms. The third kappa shape index (κ3) is 4.35. The van der Waals surface area contributed by atoms with Gasteiger partial charge in [0.1, 0.15) is 16.9 Å². The number of anilines is 1. The third-order valence-corrected chi connectivity index (χ3v) is 4.43. The van der Waals surface area contributed by atoms with Crippen LogP contribution in [0.15, 0.2) is 4.42 Å². The number of nitrogens with zero attached hydrogens (tertiary/aromatic N) is 1. The van der Waals surface area contributed by atoms with Gasteiger partial charge in [-0.15, -0.1) is 0 Å². The Kier molecular flexibility index (Phi) is 6.82. The van der Waals surface area contributed by atoms with Gasteiger partial charge in [-0.2, -0.15) is 0 Å². The van der Waals surface area contributed by atoms with Gasteiger partial charge in [-0.05, 0) is 34.6 Å². The lowest BCUT2D eigenvalue weighted by Crippen LogP contribution is -2.33. The third-order valence-electron chi connectivity index (χ3n) is 4.43. The van der Waals surface area contributed by atoms with Crippen molar-refractivity contribution in [1.82, 2.24) is 4.90 Å². The molecule has 0 spiro atoms. The lowest BCUT2D eigenvalue weighted by molar-refractivity contribution is -0.129. The number of aryl methyl sites for hydroxylation is 1. The summed E-state index contributed by atoms with van der Waals surface area (Å²) >= 11 is 0. The molecule has 1 aliphatic rings. The lowest BCUT2D eigenvalue weighted by atomic mass is 10.1. The Hall–Kier alpha value is -2.84. The van der Waals surface area contributed by atoms with Crippen molar-refractivity contribution in [1.29, 1.82) is 0 Å². The maximum Gasteiger partial charge on any atom is 0.344 e. The minimum atomic E-state index is -0.802. The Labute approximate surface area is 163 Å². The van der Waals surface area contributed by atoms with Crippen LogP contribution in [0.3, 0.4) is 0 Å². The van der Waals surface area contributed by atoms with Crippen LogP contribution in [0.4, 0.5) is 5.88 Å². The van der Waals surface area contributed by atoms with E-state index in [9.17, 15) is 19.2 Å². The summed E-state index contributed by atoms with van der Waals surface area (Å²) in [6.07, 6.45) is 0.0726. The topological polar surface area (TPSA) is 115 Å². The van der Waals surface area contributed by atoms with Gasteiger partial charge < -0.3 is 18.8 Å². The second-order valence-electron chi connectivity index (χ2n) is 6.71. The number of hydrogen-bond donors (Lipinski definition) is 1. The van der Waals surface area contributed by atoms with Crippen LogP contribution < -0.4 is 5.32 Å². The maximum atomic E-state index is 12.7. The molecule has 9 nitrogen and oxygen atoms in total. The van der Waals surface area contributed by atoms with Crippen LogP contribution in [0.2, 0.25) is 0 Å². The van der Waals surface area contributed by atoms with E-state index in [2.05, 4.69) is 5.32 Å². The van der Waals surface area contributed by atoms with E-state index < -0.39 is 23.8 Å². The van der Waals surface area contributed by atoms with Gasteiger partial charge in [0.25, 0.3) is 0 Å². The summed E-state index contributed by atoms with van der Waals surface area (Å²) in [6, 6.07) is -0.0123. The highest BCUT2D eigenvalue weighted by Gasteiger charge is 2.37. The van der Waals surface area contributed by atoms with Crippen molar-refractivity contribution in [2.24, 2.45) is 5.92 Å². The largest absolute Gasteiger partial charge is 0.462 e. The fourth-order valence-corrected chi connectivity index (χ4v) is 3.10. The van der Waals surface area contributed by atoms with Gasteiger partial charge in [0, 0.05) is 19.0 Å². The van der Waals surface area contributed by atoms with Crippen molar-refractivity contribution in [3.05, 3.63) is 16.9 Å². The maximum absolute atomic E-state index is 12.7. The molecule has 1 aromatic heterocycles. The standard InChI is InChI=1S/C19H26N2O7/c1-6-26-18(24)14-11(5)28-17(15(14)19(25)27-7-2)20-16(23)12-8-13(22)21(9-12)10(3)4/h10,12H,6-9H2,1-5H3,(H,20,23). The summed E-state index contributed by atoms with van der Waals surface area (Å²) in [4.78, 5) is 51.0. The van der Waals surface area contributed by atoms with Crippen molar-refractivity contribution in [2.75, 3.05) is 25.1 Å². The van der Waals surface area contributed by atoms with Gasteiger partial charge in [0.05, 0.1) is 19.1 Å². The smallest absolute Gasteiger partial charge is 0.344 e. The first-order valence-electron chi connectivity index (χ1n) is 9.29. The van der Waals surface area contributed by atoms with E-state index in [1.807, 2.05) is 13.8 Å². The molecule has 0 bridgehead atoms. The van der Waals surface area contributed by atoms with Crippen molar-refractivity contribution in [3.63, 3.8) is 0 Å². The van der Waals surface area contributed by atoms with Crippen LogP contribution in [0.25, 0.3) is 0 Å². The number of nitrogens with one attached hydrogen (secondary N) is 1. The number of furan rings is 1. The predicted molar refractivity (Wildman–Crippen MR) is 98.9 cm³/mol. The van der Waals surface area contributed by atoms with E-state index in [4.69, 9.17) is 13.9 Å². The van der Waals surface area contributed by atoms with Crippen molar-refractivity contribution in [2.45, 2.75) is 47.1 Å². The molecule has 28 heavy (non-hydrogen) atoms. The molecule has 1 aromatic rings. The molecule has 2 heterocycles. The Morgan fingerprint density at radius 2 is 1.71 bits per heavy atom. The molecule has 2 amide bonds. The van der Waals surface area contributed by atoms with E-state index in [0.717, 1.165) is 0 Å². The van der Waals surface area contributed by atoms with Gasteiger partial charge in [-0.25, -0.2) is 9.59 Å². The Balaban J connectivity index is 2.31. The fourth-order valence-electron chi connectivity index (χ4n) is 3.10. The number of ether oxygens (including phenoxy) is 2. The fraction of sp³-hybridized carbons (Fsp3) is 0.579. The molecule has 0 aliphatic carbocycles. The molecule has 1 atom stereocenters. The zero-order valence-electron chi connectivity index (χ0n) is 16.8. The van der Waals surface area contributed by atoms with Gasteiger partial charge >= 0.3 is 11.9 Å². The van der Waals surface area contributed by atoms with Crippen LogP contribution in [0.1, 0.15) is 60.6 Å². The molecule has 2 rings (SSSR count). The number of carbonyl (C=O) groups excluding carboxylic acids is 4.